The van der Waals surface area contributed by atoms with E-state index in [9.17, 15) is 4.79 Å². The summed E-state index contributed by atoms with van der Waals surface area (Å²) in [5.74, 6) is 0.720. The van der Waals surface area contributed by atoms with Gasteiger partial charge in [-0.1, -0.05) is 35.3 Å². The molecule has 0 aromatic heterocycles. The third-order valence-corrected chi connectivity index (χ3v) is 3.62. The molecule has 0 aliphatic carbocycles. The highest BCUT2D eigenvalue weighted by Gasteiger charge is 2.03. The largest absolute Gasteiger partial charge is 0.497 e. The molecule has 2 aromatic rings. The Hall–Kier alpha value is -1.91. The Morgan fingerprint density at radius 1 is 1.13 bits per heavy atom. The van der Waals surface area contributed by atoms with Gasteiger partial charge >= 0.3 is 0 Å². The van der Waals surface area contributed by atoms with Gasteiger partial charge in [-0.15, -0.1) is 0 Å². The van der Waals surface area contributed by atoms with Crippen LogP contribution in [0, 0.1) is 0 Å². The Balaban J connectivity index is 1.74. The summed E-state index contributed by atoms with van der Waals surface area (Å²) in [4.78, 5) is 11.8. The topological polar surface area (TPSA) is 50.4 Å². The minimum absolute atomic E-state index is 0.0935. The normalized spacial score (nSPS) is 10.2. The van der Waals surface area contributed by atoms with Crippen LogP contribution in [0.15, 0.2) is 42.5 Å². The SMILES string of the molecule is COc1cccc(CCNC(=O)CNc2cc(Cl)cc(Cl)c2)c1. The van der Waals surface area contributed by atoms with Crippen molar-refractivity contribution in [2.75, 3.05) is 25.5 Å². The van der Waals surface area contributed by atoms with Crippen LogP contribution in [0.3, 0.4) is 0 Å². The molecule has 1 amide bonds. The van der Waals surface area contributed by atoms with Gasteiger partial charge in [-0.25, -0.2) is 0 Å². The molecule has 0 radical (unpaired) electrons. The number of halogens is 2. The second-order valence-corrected chi connectivity index (χ2v) is 5.84. The van der Waals surface area contributed by atoms with Crippen LogP contribution in [0.1, 0.15) is 5.56 Å². The zero-order chi connectivity index (χ0) is 16.7. The highest BCUT2D eigenvalue weighted by atomic mass is 35.5. The fourth-order valence-electron chi connectivity index (χ4n) is 2.07. The minimum Gasteiger partial charge on any atom is -0.497 e. The van der Waals surface area contributed by atoms with E-state index in [1.807, 2.05) is 24.3 Å². The molecule has 0 bridgehead atoms. The Bertz CT molecular complexity index is 657. The van der Waals surface area contributed by atoms with E-state index in [1.54, 1.807) is 25.3 Å². The van der Waals surface area contributed by atoms with E-state index >= 15 is 0 Å². The van der Waals surface area contributed by atoms with Crippen LogP contribution in [0.25, 0.3) is 0 Å². The summed E-state index contributed by atoms with van der Waals surface area (Å²) in [6, 6.07) is 12.9. The highest BCUT2D eigenvalue weighted by molar-refractivity contribution is 6.35. The standard InChI is InChI=1S/C17H18Cl2N2O2/c1-23-16-4-2-3-12(7-16)5-6-20-17(22)11-21-15-9-13(18)8-14(19)10-15/h2-4,7-10,21H,5-6,11H2,1H3,(H,20,22). The molecule has 0 aliphatic heterocycles. The number of methoxy groups -OCH3 is 1. The van der Waals surface area contributed by atoms with Gasteiger partial charge in [-0.05, 0) is 42.3 Å². The summed E-state index contributed by atoms with van der Waals surface area (Å²) in [7, 11) is 1.63. The minimum atomic E-state index is -0.0935. The quantitative estimate of drug-likeness (QED) is 0.797. The lowest BCUT2D eigenvalue weighted by atomic mass is 10.1. The number of anilines is 1. The maximum absolute atomic E-state index is 11.8. The second kappa shape index (κ2) is 8.65. The van der Waals surface area contributed by atoms with Crippen LogP contribution in [-0.2, 0) is 11.2 Å². The molecule has 2 N–H and O–H groups in total. The molecule has 2 rings (SSSR count). The van der Waals surface area contributed by atoms with Gasteiger partial charge in [0.1, 0.15) is 5.75 Å². The Morgan fingerprint density at radius 3 is 2.57 bits per heavy atom. The molecule has 6 heteroatoms. The number of carbonyl (C=O) groups is 1. The van der Waals surface area contributed by atoms with Gasteiger partial charge in [-0.2, -0.15) is 0 Å². The third-order valence-electron chi connectivity index (χ3n) is 3.19. The summed E-state index contributed by atoms with van der Waals surface area (Å²) < 4.78 is 5.17. The number of nitrogens with one attached hydrogen (secondary N) is 2. The Labute approximate surface area is 145 Å². The number of hydrogen-bond donors (Lipinski definition) is 2. The summed E-state index contributed by atoms with van der Waals surface area (Å²) in [6.07, 6.45) is 0.742. The molecule has 23 heavy (non-hydrogen) atoms. The molecule has 2 aromatic carbocycles. The molecule has 0 heterocycles. The summed E-state index contributed by atoms with van der Waals surface area (Å²) in [6.45, 7) is 0.721. The van der Waals surface area contributed by atoms with Gasteiger partial charge in [0.2, 0.25) is 5.91 Å². The molecule has 0 spiro atoms. The first-order chi connectivity index (χ1) is 11.1. The predicted molar refractivity (Wildman–Crippen MR) is 94.7 cm³/mol. The number of benzene rings is 2. The van der Waals surface area contributed by atoms with Crippen molar-refractivity contribution in [2.45, 2.75) is 6.42 Å². The van der Waals surface area contributed by atoms with Crippen LogP contribution in [0.2, 0.25) is 10.0 Å². The van der Waals surface area contributed by atoms with Crippen LogP contribution in [-0.4, -0.2) is 26.1 Å². The molecule has 0 aliphatic rings. The van der Waals surface area contributed by atoms with E-state index in [0.717, 1.165) is 17.7 Å². The molecular weight excluding hydrogens is 335 g/mol. The molecule has 0 atom stereocenters. The lowest BCUT2D eigenvalue weighted by Crippen LogP contribution is -2.31. The molecule has 0 saturated heterocycles. The van der Waals surface area contributed by atoms with Crippen molar-refractivity contribution in [3.05, 3.63) is 58.1 Å². The number of rotatable bonds is 7. The average Bonchev–Trinajstić information content (AvgIpc) is 2.52. The number of hydrogen-bond acceptors (Lipinski definition) is 3. The van der Waals surface area contributed by atoms with E-state index in [4.69, 9.17) is 27.9 Å². The van der Waals surface area contributed by atoms with E-state index < -0.39 is 0 Å². The zero-order valence-corrected chi connectivity index (χ0v) is 14.2. The van der Waals surface area contributed by atoms with Gasteiger partial charge in [0.15, 0.2) is 0 Å². The lowest BCUT2D eigenvalue weighted by Gasteiger charge is -2.09. The van der Waals surface area contributed by atoms with E-state index in [0.29, 0.717) is 22.3 Å². The van der Waals surface area contributed by atoms with Gasteiger partial charge in [-0.3, -0.25) is 4.79 Å². The third kappa shape index (κ3) is 6.00. The maximum atomic E-state index is 11.8. The van der Waals surface area contributed by atoms with Gasteiger partial charge in [0.05, 0.1) is 13.7 Å². The molecule has 4 nitrogen and oxygen atoms in total. The predicted octanol–water partition coefficient (Wildman–Crippen LogP) is 3.77. The van der Waals surface area contributed by atoms with Crippen LogP contribution < -0.4 is 15.4 Å². The summed E-state index contributed by atoms with van der Waals surface area (Å²) >= 11 is 11.8. The molecule has 0 fully saturated rings. The van der Waals surface area contributed by atoms with Crippen molar-refractivity contribution in [3.8, 4) is 5.75 Å². The van der Waals surface area contributed by atoms with Crippen LogP contribution in [0.5, 0.6) is 5.75 Å². The monoisotopic (exact) mass is 352 g/mol. The smallest absolute Gasteiger partial charge is 0.239 e. The maximum Gasteiger partial charge on any atom is 0.239 e. The fraction of sp³-hybridized carbons (Fsp3) is 0.235. The average molecular weight is 353 g/mol. The molecule has 0 unspecified atom stereocenters. The van der Waals surface area contributed by atoms with Crippen molar-refractivity contribution in [1.82, 2.24) is 5.32 Å². The number of amides is 1. The Morgan fingerprint density at radius 2 is 1.87 bits per heavy atom. The van der Waals surface area contributed by atoms with Crippen molar-refractivity contribution >= 4 is 34.8 Å². The van der Waals surface area contributed by atoms with E-state index in [-0.39, 0.29) is 12.5 Å². The highest BCUT2D eigenvalue weighted by Crippen LogP contribution is 2.22. The number of carbonyl (C=O) groups excluding carboxylic acids is 1. The first-order valence-corrected chi connectivity index (χ1v) is 7.92. The van der Waals surface area contributed by atoms with Crippen LogP contribution >= 0.6 is 23.2 Å². The number of ether oxygens (including phenoxy) is 1. The Kier molecular flexibility index (Phi) is 6.56. The molecule has 0 saturated carbocycles. The van der Waals surface area contributed by atoms with Gasteiger partial charge in [0, 0.05) is 22.3 Å². The van der Waals surface area contributed by atoms with E-state index in [2.05, 4.69) is 10.6 Å². The van der Waals surface area contributed by atoms with Crippen LogP contribution in [0.4, 0.5) is 5.69 Å². The zero-order valence-electron chi connectivity index (χ0n) is 12.7. The summed E-state index contributed by atoms with van der Waals surface area (Å²) in [5, 5.41) is 6.90. The fourth-order valence-corrected chi connectivity index (χ4v) is 2.60. The summed E-state index contributed by atoms with van der Waals surface area (Å²) in [5.41, 5.74) is 1.82. The first-order valence-electron chi connectivity index (χ1n) is 7.16. The second-order valence-electron chi connectivity index (χ2n) is 4.96. The van der Waals surface area contributed by atoms with Crippen molar-refractivity contribution < 1.29 is 9.53 Å². The van der Waals surface area contributed by atoms with Crippen molar-refractivity contribution in [1.29, 1.82) is 0 Å². The molecule has 122 valence electrons. The van der Waals surface area contributed by atoms with Gasteiger partial charge < -0.3 is 15.4 Å². The lowest BCUT2D eigenvalue weighted by molar-refractivity contribution is -0.119. The van der Waals surface area contributed by atoms with Crippen molar-refractivity contribution in [2.24, 2.45) is 0 Å². The van der Waals surface area contributed by atoms with E-state index in [1.165, 1.54) is 0 Å². The van der Waals surface area contributed by atoms with Gasteiger partial charge in [0.25, 0.3) is 0 Å². The first kappa shape index (κ1) is 17.4. The van der Waals surface area contributed by atoms with Crippen molar-refractivity contribution in [3.63, 3.8) is 0 Å². The molecular formula is C17H18Cl2N2O2.